The van der Waals surface area contributed by atoms with Crippen molar-refractivity contribution in [2.75, 3.05) is 0 Å². The van der Waals surface area contributed by atoms with Gasteiger partial charge in [0.25, 0.3) is 0 Å². The Kier molecular flexibility index (Phi) is 5.12. The van der Waals surface area contributed by atoms with Crippen LogP contribution in [-0.4, -0.2) is 26.0 Å². The van der Waals surface area contributed by atoms with Gasteiger partial charge in [-0.25, -0.2) is 9.67 Å². The third-order valence-corrected chi connectivity index (χ3v) is 3.03. The third-order valence-electron chi connectivity index (χ3n) is 3.03. The molecule has 0 aliphatic carbocycles. The van der Waals surface area contributed by atoms with Crippen LogP contribution < -0.4 is 0 Å². The molecule has 1 rings (SSSR count). The fourth-order valence-corrected chi connectivity index (χ4v) is 2.14. The van der Waals surface area contributed by atoms with Gasteiger partial charge < -0.3 is 5.11 Å². The van der Waals surface area contributed by atoms with Gasteiger partial charge in [0.05, 0.1) is 6.10 Å². The molecule has 0 aliphatic heterocycles. The minimum Gasteiger partial charge on any atom is -0.392 e. The van der Waals surface area contributed by atoms with E-state index in [4.69, 9.17) is 0 Å². The van der Waals surface area contributed by atoms with Gasteiger partial charge in [0.1, 0.15) is 12.2 Å². The van der Waals surface area contributed by atoms with Crippen LogP contribution >= 0.6 is 0 Å². The molecule has 2 unspecified atom stereocenters. The van der Waals surface area contributed by atoms with Gasteiger partial charge in [0.2, 0.25) is 0 Å². The van der Waals surface area contributed by atoms with Gasteiger partial charge in [-0.1, -0.05) is 20.8 Å². The Bertz CT molecular complexity index is 333. The first kappa shape index (κ1) is 14.2. The van der Waals surface area contributed by atoms with Gasteiger partial charge in [0, 0.05) is 12.5 Å². The molecule has 98 valence electrons. The van der Waals surface area contributed by atoms with Crippen molar-refractivity contribution < 1.29 is 5.11 Å². The maximum absolute atomic E-state index is 10.2. The van der Waals surface area contributed by atoms with E-state index in [0.29, 0.717) is 24.3 Å². The van der Waals surface area contributed by atoms with Crippen molar-refractivity contribution in [2.24, 2.45) is 11.8 Å². The average molecular weight is 239 g/mol. The number of rotatable bonds is 6. The molecule has 0 saturated carbocycles. The van der Waals surface area contributed by atoms with Crippen molar-refractivity contribution in [3.8, 4) is 0 Å². The second-order valence-electron chi connectivity index (χ2n) is 5.59. The van der Waals surface area contributed by atoms with E-state index in [1.807, 2.05) is 4.68 Å². The van der Waals surface area contributed by atoms with E-state index >= 15 is 0 Å². The van der Waals surface area contributed by atoms with Crippen LogP contribution in [0.2, 0.25) is 0 Å². The van der Waals surface area contributed by atoms with Crippen LogP contribution in [0.3, 0.4) is 0 Å². The molecule has 0 aliphatic rings. The summed E-state index contributed by atoms with van der Waals surface area (Å²) in [6.07, 6.45) is 2.86. The zero-order chi connectivity index (χ0) is 13.0. The molecule has 1 N–H and O–H groups in total. The SMILES string of the molecule is CC(C)CC(C)C(O)Cc1ncnn1C(C)C. The smallest absolute Gasteiger partial charge is 0.138 e. The average Bonchev–Trinajstić information content (AvgIpc) is 2.64. The Hall–Kier alpha value is -0.900. The predicted molar refractivity (Wildman–Crippen MR) is 68.7 cm³/mol. The normalized spacial score (nSPS) is 15.5. The molecule has 0 amide bonds. The van der Waals surface area contributed by atoms with E-state index in [0.717, 1.165) is 12.2 Å². The predicted octanol–water partition coefficient (Wildman–Crippen LogP) is 2.44. The van der Waals surface area contributed by atoms with Crippen molar-refractivity contribution in [3.05, 3.63) is 12.2 Å². The molecule has 0 spiro atoms. The topological polar surface area (TPSA) is 50.9 Å². The minimum absolute atomic E-state index is 0.292. The van der Waals surface area contributed by atoms with Crippen LogP contribution in [0.1, 0.15) is 52.9 Å². The fourth-order valence-electron chi connectivity index (χ4n) is 2.14. The third kappa shape index (κ3) is 4.11. The van der Waals surface area contributed by atoms with Gasteiger partial charge in [-0.15, -0.1) is 0 Å². The Morgan fingerprint density at radius 2 is 1.88 bits per heavy atom. The summed E-state index contributed by atoms with van der Waals surface area (Å²) in [6, 6.07) is 0.292. The number of aliphatic hydroxyl groups excluding tert-OH is 1. The van der Waals surface area contributed by atoms with E-state index < -0.39 is 0 Å². The van der Waals surface area contributed by atoms with Gasteiger partial charge in [-0.2, -0.15) is 5.10 Å². The van der Waals surface area contributed by atoms with Crippen molar-refractivity contribution in [1.29, 1.82) is 0 Å². The van der Waals surface area contributed by atoms with Crippen molar-refractivity contribution >= 4 is 0 Å². The number of aliphatic hydroxyl groups is 1. The largest absolute Gasteiger partial charge is 0.392 e. The number of hydrogen-bond acceptors (Lipinski definition) is 3. The summed E-state index contributed by atoms with van der Waals surface area (Å²) in [4.78, 5) is 4.23. The Morgan fingerprint density at radius 3 is 2.41 bits per heavy atom. The van der Waals surface area contributed by atoms with Gasteiger partial charge in [0.15, 0.2) is 0 Å². The molecular formula is C13H25N3O. The van der Waals surface area contributed by atoms with Crippen molar-refractivity contribution in [1.82, 2.24) is 14.8 Å². The molecule has 2 atom stereocenters. The summed E-state index contributed by atoms with van der Waals surface area (Å²) >= 11 is 0. The van der Waals surface area contributed by atoms with E-state index in [1.165, 1.54) is 0 Å². The molecule has 1 heterocycles. The first-order valence-corrected chi connectivity index (χ1v) is 6.48. The van der Waals surface area contributed by atoms with Crippen LogP contribution in [0, 0.1) is 11.8 Å². The van der Waals surface area contributed by atoms with Crippen LogP contribution in [0.4, 0.5) is 0 Å². The van der Waals surface area contributed by atoms with E-state index in [2.05, 4.69) is 44.7 Å². The number of nitrogens with zero attached hydrogens (tertiary/aromatic N) is 3. The highest BCUT2D eigenvalue weighted by atomic mass is 16.3. The maximum Gasteiger partial charge on any atom is 0.138 e. The zero-order valence-electron chi connectivity index (χ0n) is 11.6. The standard InChI is InChI=1S/C13H25N3O/c1-9(2)6-11(5)12(17)7-13-14-8-15-16(13)10(3)4/h8-12,17H,6-7H2,1-5H3. The maximum atomic E-state index is 10.2. The number of hydrogen-bond donors (Lipinski definition) is 1. The molecule has 4 heteroatoms. The van der Waals surface area contributed by atoms with Crippen LogP contribution in [0.5, 0.6) is 0 Å². The molecule has 0 bridgehead atoms. The molecule has 17 heavy (non-hydrogen) atoms. The lowest BCUT2D eigenvalue weighted by atomic mass is 9.92. The van der Waals surface area contributed by atoms with Gasteiger partial charge in [-0.3, -0.25) is 0 Å². The van der Waals surface area contributed by atoms with E-state index in [1.54, 1.807) is 6.33 Å². The molecule has 0 radical (unpaired) electrons. The molecule has 0 fully saturated rings. The fraction of sp³-hybridized carbons (Fsp3) is 0.846. The lowest BCUT2D eigenvalue weighted by Gasteiger charge is -2.20. The van der Waals surface area contributed by atoms with Crippen LogP contribution in [0.25, 0.3) is 0 Å². The summed E-state index contributed by atoms with van der Waals surface area (Å²) in [5.74, 6) is 1.79. The highest BCUT2D eigenvalue weighted by Gasteiger charge is 2.19. The zero-order valence-corrected chi connectivity index (χ0v) is 11.6. The molecule has 1 aromatic heterocycles. The lowest BCUT2D eigenvalue weighted by Crippen LogP contribution is -2.24. The summed E-state index contributed by atoms with van der Waals surface area (Å²) in [7, 11) is 0. The molecule has 1 aromatic rings. The summed E-state index contributed by atoms with van der Waals surface area (Å²) < 4.78 is 1.88. The van der Waals surface area contributed by atoms with E-state index in [-0.39, 0.29) is 6.10 Å². The minimum atomic E-state index is -0.334. The summed E-state index contributed by atoms with van der Waals surface area (Å²) in [5, 5.41) is 14.3. The highest BCUT2D eigenvalue weighted by molar-refractivity contribution is 4.90. The van der Waals surface area contributed by atoms with E-state index in [9.17, 15) is 5.11 Å². The van der Waals surface area contributed by atoms with Crippen molar-refractivity contribution in [2.45, 2.75) is 59.6 Å². The second kappa shape index (κ2) is 6.15. The molecule has 0 saturated heterocycles. The molecule has 4 nitrogen and oxygen atoms in total. The lowest BCUT2D eigenvalue weighted by molar-refractivity contribution is 0.101. The van der Waals surface area contributed by atoms with Crippen LogP contribution in [0.15, 0.2) is 6.33 Å². The monoisotopic (exact) mass is 239 g/mol. The van der Waals surface area contributed by atoms with Gasteiger partial charge in [-0.05, 0) is 32.1 Å². The molecule has 0 aromatic carbocycles. The first-order chi connectivity index (χ1) is 7.91. The number of aromatic nitrogens is 3. The molecular weight excluding hydrogens is 214 g/mol. The first-order valence-electron chi connectivity index (χ1n) is 6.48. The summed E-state index contributed by atoms with van der Waals surface area (Å²) in [6.45, 7) is 10.6. The Labute approximate surface area is 104 Å². The van der Waals surface area contributed by atoms with Gasteiger partial charge >= 0.3 is 0 Å². The quantitative estimate of drug-likeness (QED) is 0.829. The van der Waals surface area contributed by atoms with Crippen molar-refractivity contribution in [3.63, 3.8) is 0 Å². The Morgan fingerprint density at radius 1 is 1.24 bits per heavy atom. The second-order valence-corrected chi connectivity index (χ2v) is 5.59. The summed E-state index contributed by atoms with van der Waals surface area (Å²) in [5.41, 5.74) is 0. The Balaban J connectivity index is 2.61. The highest BCUT2D eigenvalue weighted by Crippen LogP contribution is 2.18. The van der Waals surface area contributed by atoms with Crippen LogP contribution in [-0.2, 0) is 6.42 Å².